The molecule has 0 radical (unpaired) electrons. The van der Waals surface area contributed by atoms with E-state index in [2.05, 4.69) is 13.5 Å². The van der Waals surface area contributed by atoms with Gasteiger partial charge in [-0.1, -0.05) is 40.2 Å². The first-order valence-corrected chi connectivity index (χ1v) is 12.3. The minimum atomic E-state index is -2.30. The number of hydrogen-bond donors (Lipinski definition) is 4. The summed E-state index contributed by atoms with van der Waals surface area (Å²) < 4.78 is 12.4. The molecule has 6 fully saturated rings. The highest BCUT2D eigenvalue weighted by atomic mass is 16.8. The van der Waals surface area contributed by atoms with Gasteiger partial charge in [0, 0.05) is 18.4 Å². The molecule has 2 spiro atoms. The Morgan fingerprint density at radius 1 is 1.12 bits per heavy atom. The number of ether oxygens (including phenoxy) is 2. The average Bonchev–Trinajstić information content (AvgIpc) is 2.84. The van der Waals surface area contributed by atoms with Crippen molar-refractivity contribution in [3.8, 4) is 0 Å². The van der Waals surface area contributed by atoms with Gasteiger partial charge in [-0.25, -0.2) is 0 Å². The second-order valence-electron chi connectivity index (χ2n) is 11.6. The van der Waals surface area contributed by atoms with Crippen LogP contribution in [0, 0.1) is 34.0 Å². The molecule has 7 nitrogen and oxygen atoms in total. The Morgan fingerprint density at radius 2 is 1.84 bits per heavy atom. The number of carbonyl (C=O) groups is 1. The van der Waals surface area contributed by atoms with Gasteiger partial charge in [0.05, 0.1) is 17.6 Å². The van der Waals surface area contributed by atoms with Crippen molar-refractivity contribution in [2.75, 3.05) is 6.61 Å². The third-order valence-electron chi connectivity index (χ3n) is 9.92. The molecule has 180 valence electrons. The van der Waals surface area contributed by atoms with Crippen molar-refractivity contribution in [3.05, 3.63) is 12.2 Å². The maximum absolute atomic E-state index is 13.7. The number of aliphatic hydroxyl groups is 4. The minimum Gasteiger partial charge on any atom is -0.392 e. The number of carbonyl (C=O) groups excluding carboxylic acids is 1. The molecule has 2 heterocycles. The quantitative estimate of drug-likeness (QED) is 0.373. The molecule has 32 heavy (non-hydrogen) atoms. The second kappa shape index (κ2) is 7.09. The summed E-state index contributed by atoms with van der Waals surface area (Å²) in [5.74, 6) is -4.33. The van der Waals surface area contributed by atoms with Crippen molar-refractivity contribution in [2.24, 2.45) is 34.0 Å². The van der Waals surface area contributed by atoms with Crippen LogP contribution in [0.5, 0.6) is 0 Å². The lowest BCUT2D eigenvalue weighted by Crippen LogP contribution is -2.88. The minimum absolute atomic E-state index is 0.287. The number of hydrogen-bond acceptors (Lipinski definition) is 7. The lowest BCUT2D eigenvalue weighted by atomic mass is 9.35. The fourth-order valence-corrected chi connectivity index (χ4v) is 8.66. The SMILES string of the molecule is C=C1C(=O)[C@]23[C@H](O)[C@H]1CC[C@H]2[C@@]12[C@H](OCCCCC)O[C@@]3(O)[C@@H](O)[C@@H]1C(C)(C)CC[C@@H]2O. The third-order valence-corrected chi connectivity index (χ3v) is 9.92. The number of aliphatic hydroxyl groups excluding tert-OH is 3. The van der Waals surface area contributed by atoms with Crippen molar-refractivity contribution in [2.45, 2.75) is 96.1 Å². The Labute approximate surface area is 189 Å². The van der Waals surface area contributed by atoms with Crippen molar-refractivity contribution in [1.29, 1.82) is 0 Å². The van der Waals surface area contributed by atoms with E-state index in [9.17, 15) is 25.2 Å². The topological polar surface area (TPSA) is 116 Å². The van der Waals surface area contributed by atoms with Gasteiger partial charge in [0.25, 0.3) is 0 Å². The van der Waals surface area contributed by atoms with Crippen LogP contribution in [0.1, 0.15) is 65.7 Å². The Bertz CT molecular complexity index is 825. The monoisotopic (exact) mass is 450 g/mol. The molecule has 4 saturated carbocycles. The predicted octanol–water partition coefficient (Wildman–Crippen LogP) is 1.91. The molecule has 6 aliphatic rings. The number of unbranched alkanes of at least 4 members (excludes halogenated alkanes) is 2. The molecule has 0 aromatic carbocycles. The summed E-state index contributed by atoms with van der Waals surface area (Å²) in [7, 11) is 0. The zero-order chi connectivity index (χ0) is 23.3. The van der Waals surface area contributed by atoms with Crippen LogP contribution in [0.2, 0.25) is 0 Å². The maximum atomic E-state index is 13.7. The first-order valence-electron chi connectivity index (χ1n) is 12.3. The van der Waals surface area contributed by atoms with E-state index in [1.807, 2.05) is 13.8 Å². The molecule has 0 unspecified atom stereocenters. The highest BCUT2D eigenvalue weighted by Gasteiger charge is 2.89. The second-order valence-corrected chi connectivity index (χ2v) is 11.6. The van der Waals surface area contributed by atoms with Crippen LogP contribution in [0.15, 0.2) is 12.2 Å². The van der Waals surface area contributed by atoms with E-state index in [-0.39, 0.29) is 5.57 Å². The molecule has 0 aromatic rings. The first-order chi connectivity index (χ1) is 15.0. The van der Waals surface area contributed by atoms with E-state index in [1.165, 1.54) is 0 Å². The van der Waals surface area contributed by atoms with Crippen molar-refractivity contribution < 1.29 is 34.7 Å². The number of fused-ring (bicyclic) bond motifs is 2. The molecular formula is C25H38O7. The van der Waals surface area contributed by atoms with Crippen LogP contribution < -0.4 is 0 Å². The lowest BCUT2D eigenvalue weighted by molar-refractivity contribution is -0.511. The zero-order valence-corrected chi connectivity index (χ0v) is 19.4. The van der Waals surface area contributed by atoms with Crippen LogP contribution in [-0.4, -0.2) is 63.2 Å². The summed E-state index contributed by atoms with van der Waals surface area (Å²) in [6, 6.07) is 0. The highest BCUT2D eigenvalue weighted by Crippen LogP contribution is 2.78. The summed E-state index contributed by atoms with van der Waals surface area (Å²) in [5, 5.41) is 46.8. The summed E-state index contributed by atoms with van der Waals surface area (Å²) in [6.07, 6.45) is 0.547. The Morgan fingerprint density at radius 3 is 2.53 bits per heavy atom. The molecule has 4 aliphatic carbocycles. The first kappa shape index (κ1) is 22.9. The molecule has 2 aliphatic heterocycles. The van der Waals surface area contributed by atoms with Gasteiger partial charge >= 0.3 is 0 Å². The Kier molecular flexibility index (Phi) is 5.08. The van der Waals surface area contributed by atoms with Gasteiger partial charge in [0.15, 0.2) is 12.1 Å². The number of Topliss-reactive ketones (excluding diaryl/α,β-unsaturated/α-hetero) is 1. The average molecular weight is 451 g/mol. The number of ketones is 1. The van der Waals surface area contributed by atoms with E-state index < -0.39 is 70.2 Å². The third kappa shape index (κ3) is 2.31. The summed E-state index contributed by atoms with van der Waals surface area (Å²) >= 11 is 0. The van der Waals surface area contributed by atoms with E-state index in [0.29, 0.717) is 32.3 Å². The fourth-order valence-electron chi connectivity index (χ4n) is 8.66. The molecular weight excluding hydrogens is 412 g/mol. The van der Waals surface area contributed by atoms with Gasteiger partial charge in [-0.15, -0.1) is 0 Å². The van der Waals surface area contributed by atoms with Gasteiger partial charge in [-0.2, -0.15) is 0 Å². The fraction of sp³-hybridized carbons (Fsp3) is 0.880. The largest absolute Gasteiger partial charge is 0.392 e. The standard InChI is InChI=1S/C25H38O7/c1-5-6-7-12-31-21-23-15-9-8-14-13(2)18(27)24(15,19(14)28)25(30,32-21)20(29)17(23)22(3,4)11-10-16(23)26/h14-17,19-21,26,28-30H,2,5-12H2,1,3-4H3/t14-,15-,16-,17+,19+,20-,21+,23-,24-,25-/m0/s1. The van der Waals surface area contributed by atoms with Gasteiger partial charge in [-0.05, 0) is 49.0 Å². The molecule has 4 bridgehead atoms. The highest BCUT2D eigenvalue weighted by molar-refractivity contribution is 6.05. The molecule has 10 atom stereocenters. The molecule has 4 N–H and O–H groups in total. The van der Waals surface area contributed by atoms with Crippen LogP contribution in [0.4, 0.5) is 0 Å². The predicted molar refractivity (Wildman–Crippen MR) is 115 cm³/mol. The van der Waals surface area contributed by atoms with E-state index in [0.717, 1.165) is 19.3 Å². The Balaban J connectivity index is 1.71. The summed E-state index contributed by atoms with van der Waals surface area (Å²) in [4.78, 5) is 13.7. The molecule has 6 rings (SSSR count). The van der Waals surface area contributed by atoms with E-state index in [1.54, 1.807) is 0 Å². The molecule has 0 amide bonds. The summed E-state index contributed by atoms with van der Waals surface area (Å²) in [6.45, 7) is 10.5. The lowest BCUT2D eigenvalue weighted by Gasteiger charge is -2.76. The van der Waals surface area contributed by atoms with Crippen LogP contribution in [0.25, 0.3) is 0 Å². The van der Waals surface area contributed by atoms with Crippen LogP contribution in [-0.2, 0) is 14.3 Å². The van der Waals surface area contributed by atoms with Gasteiger partial charge in [-0.3, -0.25) is 4.79 Å². The van der Waals surface area contributed by atoms with Crippen LogP contribution in [0.3, 0.4) is 0 Å². The van der Waals surface area contributed by atoms with E-state index in [4.69, 9.17) is 9.47 Å². The van der Waals surface area contributed by atoms with E-state index >= 15 is 0 Å². The van der Waals surface area contributed by atoms with Crippen LogP contribution >= 0.6 is 0 Å². The van der Waals surface area contributed by atoms with Gasteiger partial charge in [0.1, 0.15) is 11.5 Å². The van der Waals surface area contributed by atoms with Gasteiger partial charge in [0.2, 0.25) is 5.79 Å². The van der Waals surface area contributed by atoms with Crippen molar-refractivity contribution in [3.63, 3.8) is 0 Å². The number of rotatable bonds is 5. The molecule has 0 aromatic heterocycles. The molecule has 7 heteroatoms. The maximum Gasteiger partial charge on any atom is 0.211 e. The smallest absolute Gasteiger partial charge is 0.211 e. The zero-order valence-electron chi connectivity index (χ0n) is 19.4. The van der Waals surface area contributed by atoms with Crippen molar-refractivity contribution in [1.82, 2.24) is 0 Å². The normalized spacial score (nSPS) is 53.3. The van der Waals surface area contributed by atoms with Crippen molar-refractivity contribution >= 4 is 5.78 Å². The summed E-state index contributed by atoms with van der Waals surface area (Å²) in [5.41, 5.74) is -2.98. The van der Waals surface area contributed by atoms with Gasteiger partial charge < -0.3 is 29.9 Å². The molecule has 2 saturated heterocycles. The Hall–Kier alpha value is -0.830.